The Hall–Kier alpha value is -1.85. The molecule has 0 atom stereocenters. The Morgan fingerprint density at radius 3 is 2.26 bits per heavy atom. The van der Waals surface area contributed by atoms with Crippen LogP contribution in [-0.4, -0.2) is 40.5 Å². The van der Waals surface area contributed by atoms with E-state index in [-0.39, 0.29) is 12.5 Å². The first-order chi connectivity index (χ1) is 8.61. The van der Waals surface area contributed by atoms with Crippen LogP contribution in [0.3, 0.4) is 0 Å². The van der Waals surface area contributed by atoms with Crippen LogP contribution in [0.4, 0.5) is 4.79 Å². The van der Waals surface area contributed by atoms with Gasteiger partial charge in [-0.3, -0.25) is 14.9 Å². The highest BCUT2D eigenvalue weighted by atomic mass is 16.4. The highest BCUT2D eigenvalue weighted by Crippen LogP contribution is 2.20. The molecule has 0 saturated heterocycles. The Morgan fingerprint density at radius 2 is 1.89 bits per heavy atom. The molecular formula is C13H22N2O4. The molecule has 6 heteroatoms. The van der Waals surface area contributed by atoms with Crippen molar-refractivity contribution in [1.82, 2.24) is 10.2 Å². The fraction of sp³-hybridized carbons (Fsp3) is 0.615. The Bertz CT molecular complexity index is 375. The molecule has 0 aromatic rings. The number of carbonyl (C=O) groups excluding carboxylic acids is 2. The van der Waals surface area contributed by atoms with Crippen LogP contribution in [0, 0.1) is 5.41 Å². The molecule has 0 radical (unpaired) electrons. The number of amides is 3. The Kier molecular flexibility index (Phi) is 6.24. The molecule has 0 aromatic carbocycles. The molecule has 0 rings (SSSR count). The van der Waals surface area contributed by atoms with Gasteiger partial charge in [0.25, 0.3) is 0 Å². The summed E-state index contributed by atoms with van der Waals surface area (Å²) in [6.45, 7) is 10.4. The maximum atomic E-state index is 11.8. The molecule has 0 aliphatic carbocycles. The van der Waals surface area contributed by atoms with Gasteiger partial charge in [0.05, 0.1) is 5.41 Å². The summed E-state index contributed by atoms with van der Waals surface area (Å²) >= 11 is 0. The number of hydrogen-bond acceptors (Lipinski definition) is 3. The minimum Gasteiger partial charge on any atom is -0.481 e. The van der Waals surface area contributed by atoms with Gasteiger partial charge >= 0.3 is 12.0 Å². The molecule has 19 heavy (non-hydrogen) atoms. The highest BCUT2D eigenvalue weighted by Gasteiger charge is 2.31. The molecule has 6 nitrogen and oxygen atoms in total. The summed E-state index contributed by atoms with van der Waals surface area (Å²) in [6, 6.07) is -0.626. The maximum absolute atomic E-state index is 11.8. The van der Waals surface area contributed by atoms with E-state index in [0.717, 1.165) is 0 Å². The van der Waals surface area contributed by atoms with Gasteiger partial charge in [-0.2, -0.15) is 0 Å². The van der Waals surface area contributed by atoms with E-state index in [0.29, 0.717) is 6.54 Å². The lowest BCUT2D eigenvalue weighted by atomic mass is 9.89. The number of nitrogens with one attached hydrogen (secondary N) is 1. The minimum atomic E-state index is -1.20. The predicted octanol–water partition coefficient (Wildman–Crippen LogP) is 1.62. The van der Waals surface area contributed by atoms with Gasteiger partial charge in [0, 0.05) is 19.0 Å². The van der Waals surface area contributed by atoms with Gasteiger partial charge in [-0.1, -0.05) is 6.08 Å². The van der Waals surface area contributed by atoms with Crippen LogP contribution >= 0.6 is 0 Å². The summed E-state index contributed by atoms with van der Waals surface area (Å²) in [5.74, 6) is -1.69. The van der Waals surface area contributed by atoms with Gasteiger partial charge in [-0.05, 0) is 27.7 Å². The van der Waals surface area contributed by atoms with Crippen molar-refractivity contribution in [3.8, 4) is 0 Å². The minimum absolute atomic E-state index is 0.0849. The summed E-state index contributed by atoms with van der Waals surface area (Å²) in [6.07, 6.45) is 1.30. The molecule has 0 spiro atoms. The number of carboxylic acid groups (broad SMARTS) is 1. The number of carboxylic acids is 1. The van der Waals surface area contributed by atoms with Crippen LogP contribution in [0.25, 0.3) is 0 Å². The lowest BCUT2D eigenvalue weighted by Crippen LogP contribution is -2.47. The van der Waals surface area contributed by atoms with Crippen LogP contribution < -0.4 is 5.32 Å². The van der Waals surface area contributed by atoms with E-state index in [1.54, 1.807) is 6.08 Å². The first kappa shape index (κ1) is 17.2. The first-order valence-corrected chi connectivity index (χ1v) is 6.06. The largest absolute Gasteiger partial charge is 0.481 e. The Balaban J connectivity index is 4.59. The standard InChI is InChI=1S/C13H22N2O4/c1-6-7-15(9(2)3)12(19)14-10(16)8-13(4,5)11(17)18/h6,9H,1,7-8H2,2-5H3,(H,17,18)(H,14,16,19). The van der Waals surface area contributed by atoms with E-state index in [1.165, 1.54) is 18.7 Å². The van der Waals surface area contributed by atoms with Crippen LogP contribution in [0.1, 0.15) is 34.1 Å². The van der Waals surface area contributed by atoms with Gasteiger partial charge < -0.3 is 10.0 Å². The fourth-order valence-electron chi connectivity index (χ4n) is 1.38. The van der Waals surface area contributed by atoms with Crippen molar-refractivity contribution in [2.45, 2.75) is 40.2 Å². The van der Waals surface area contributed by atoms with Crippen molar-refractivity contribution in [3.05, 3.63) is 12.7 Å². The second-order valence-corrected chi connectivity index (χ2v) is 5.25. The number of hydrogen-bond donors (Lipinski definition) is 2. The molecule has 0 bridgehead atoms. The summed E-state index contributed by atoms with van der Waals surface area (Å²) in [7, 11) is 0. The van der Waals surface area contributed by atoms with E-state index < -0.39 is 23.3 Å². The van der Waals surface area contributed by atoms with Gasteiger partial charge in [0.2, 0.25) is 5.91 Å². The quantitative estimate of drug-likeness (QED) is 0.718. The van der Waals surface area contributed by atoms with Crippen molar-refractivity contribution in [2.75, 3.05) is 6.54 Å². The van der Waals surface area contributed by atoms with Crippen molar-refractivity contribution in [3.63, 3.8) is 0 Å². The zero-order valence-corrected chi connectivity index (χ0v) is 11.9. The topological polar surface area (TPSA) is 86.7 Å². The highest BCUT2D eigenvalue weighted by molar-refractivity contribution is 5.96. The van der Waals surface area contributed by atoms with E-state index in [4.69, 9.17) is 5.11 Å². The SMILES string of the molecule is C=CCN(C(=O)NC(=O)CC(C)(C)C(=O)O)C(C)C. The molecule has 108 valence electrons. The third kappa shape index (κ3) is 5.54. The van der Waals surface area contributed by atoms with Gasteiger partial charge in [-0.25, -0.2) is 4.79 Å². The lowest BCUT2D eigenvalue weighted by Gasteiger charge is -2.26. The molecule has 0 aliphatic heterocycles. The van der Waals surface area contributed by atoms with Crippen molar-refractivity contribution in [1.29, 1.82) is 0 Å². The normalized spacial score (nSPS) is 11.0. The maximum Gasteiger partial charge on any atom is 0.324 e. The van der Waals surface area contributed by atoms with Gasteiger partial charge in [0.15, 0.2) is 0 Å². The van der Waals surface area contributed by atoms with E-state index >= 15 is 0 Å². The summed E-state index contributed by atoms with van der Waals surface area (Å²) in [5.41, 5.74) is -1.20. The zero-order chi connectivity index (χ0) is 15.2. The number of urea groups is 1. The third-order valence-electron chi connectivity index (χ3n) is 2.64. The number of imide groups is 1. The average molecular weight is 270 g/mol. The van der Waals surface area contributed by atoms with Crippen molar-refractivity contribution in [2.24, 2.45) is 5.41 Å². The predicted molar refractivity (Wildman–Crippen MR) is 71.6 cm³/mol. The van der Waals surface area contributed by atoms with E-state index in [9.17, 15) is 14.4 Å². The number of carbonyl (C=O) groups is 3. The second kappa shape index (κ2) is 6.92. The van der Waals surface area contributed by atoms with Crippen molar-refractivity contribution < 1.29 is 19.5 Å². The molecular weight excluding hydrogens is 248 g/mol. The van der Waals surface area contributed by atoms with Crippen LogP contribution in [0.5, 0.6) is 0 Å². The summed E-state index contributed by atoms with van der Waals surface area (Å²) in [4.78, 5) is 35.8. The first-order valence-electron chi connectivity index (χ1n) is 6.06. The Labute approximate surface area is 113 Å². The second-order valence-electron chi connectivity index (χ2n) is 5.25. The molecule has 0 heterocycles. The fourth-order valence-corrected chi connectivity index (χ4v) is 1.38. The molecule has 0 unspecified atom stereocenters. The molecule has 0 fully saturated rings. The van der Waals surface area contributed by atoms with Gasteiger partial charge in [-0.15, -0.1) is 6.58 Å². The zero-order valence-electron chi connectivity index (χ0n) is 11.9. The van der Waals surface area contributed by atoms with Crippen molar-refractivity contribution >= 4 is 17.9 Å². The van der Waals surface area contributed by atoms with Crippen LogP contribution in [-0.2, 0) is 9.59 Å². The number of rotatable bonds is 6. The smallest absolute Gasteiger partial charge is 0.324 e. The molecule has 3 amide bonds. The van der Waals surface area contributed by atoms with E-state index in [2.05, 4.69) is 11.9 Å². The molecule has 2 N–H and O–H groups in total. The summed E-state index contributed by atoms with van der Waals surface area (Å²) < 4.78 is 0. The third-order valence-corrected chi connectivity index (χ3v) is 2.64. The Morgan fingerprint density at radius 1 is 1.37 bits per heavy atom. The lowest BCUT2D eigenvalue weighted by molar-refractivity contribution is -0.149. The average Bonchev–Trinajstić information content (AvgIpc) is 2.23. The number of aliphatic carboxylic acids is 1. The number of nitrogens with zero attached hydrogens (tertiary/aromatic N) is 1. The molecule has 0 aliphatic rings. The van der Waals surface area contributed by atoms with E-state index in [1.807, 2.05) is 13.8 Å². The van der Waals surface area contributed by atoms with Crippen LogP contribution in [0.15, 0.2) is 12.7 Å². The van der Waals surface area contributed by atoms with Gasteiger partial charge in [0.1, 0.15) is 0 Å². The molecule has 0 saturated carbocycles. The summed E-state index contributed by atoms with van der Waals surface area (Å²) in [5, 5.41) is 11.1. The monoisotopic (exact) mass is 270 g/mol. The van der Waals surface area contributed by atoms with Crippen LogP contribution in [0.2, 0.25) is 0 Å². The molecule has 0 aromatic heterocycles.